The minimum Gasteiger partial charge on any atom is -0.349 e. The molecule has 0 saturated carbocycles. The van der Waals surface area contributed by atoms with Crippen LogP contribution >= 0.6 is 0 Å². The molecule has 0 aromatic heterocycles. The Morgan fingerprint density at radius 2 is 1.65 bits per heavy atom. The number of nitrogens with one attached hydrogen (secondary N) is 2. The average Bonchev–Trinajstić information content (AvgIpc) is 2.69. The van der Waals surface area contributed by atoms with Gasteiger partial charge in [-0.2, -0.15) is 0 Å². The molecule has 3 rings (SSSR count). The highest BCUT2D eigenvalue weighted by molar-refractivity contribution is 5.76. The van der Waals surface area contributed by atoms with Crippen LogP contribution in [-0.2, 0) is 11.2 Å². The Labute approximate surface area is 157 Å². The average molecular weight is 351 g/mol. The maximum atomic E-state index is 12.7. The Kier molecular flexibility index (Phi) is 6.84. The van der Waals surface area contributed by atoms with E-state index in [9.17, 15) is 4.79 Å². The molecule has 2 aromatic rings. The van der Waals surface area contributed by atoms with Crippen LogP contribution in [0.2, 0.25) is 0 Å². The molecular formula is C23H30N2O. The standard InChI is InChI=1S/C23H30N2O/c1-18(20-12-14-24-15-13-20)16-23(26)25-22(21-10-6-3-7-11-21)17-19-8-4-2-5-9-19/h2-11,18,20,22,24H,12-17H2,1H3,(H,25,26). The summed E-state index contributed by atoms with van der Waals surface area (Å²) >= 11 is 0. The van der Waals surface area contributed by atoms with Crippen LogP contribution in [-0.4, -0.2) is 19.0 Å². The zero-order valence-electron chi connectivity index (χ0n) is 15.7. The smallest absolute Gasteiger partial charge is 0.220 e. The van der Waals surface area contributed by atoms with E-state index in [0.717, 1.165) is 19.5 Å². The predicted octanol–water partition coefficient (Wildman–Crippen LogP) is 4.11. The Bertz CT molecular complexity index is 665. The van der Waals surface area contributed by atoms with E-state index < -0.39 is 0 Å². The van der Waals surface area contributed by atoms with E-state index in [1.165, 1.54) is 24.0 Å². The summed E-state index contributed by atoms with van der Waals surface area (Å²) in [6.45, 7) is 4.39. The van der Waals surface area contributed by atoms with Crippen molar-refractivity contribution in [1.29, 1.82) is 0 Å². The molecule has 3 nitrogen and oxygen atoms in total. The summed E-state index contributed by atoms with van der Waals surface area (Å²) in [5.74, 6) is 1.26. The van der Waals surface area contributed by atoms with E-state index in [2.05, 4.69) is 54.0 Å². The van der Waals surface area contributed by atoms with Gasteiger partial charge in [0.05, 0.1) is 6.04 Å². The van der Waals surface area contributed by atoms with Gasteiger partial charge in [0, 0.05) is 6.42 Å². The highest BCUT2D eigenvalue weighted by atomic mass is 16.1. The first-order valence-corrected chi connectivity index (χ1v) is 9.81. The fourth-order valence-corrected chi connectivity index (χ4v) is 3.91. The van der Waals surface area contributed by atoms with Crippen molar-refractivity contribution in [2.45, 2.75) is 38.6 Å². The first-order valence-electron chi connectivity index (χ1n) is 9.81. The van der Waals surface area contributed by atoms with Crippen LogP contribution in [0.5, 0.6) is 0 Å². The second-order valence-electron chi connectivity index (χ2n) is 7.49. The molecular weight excluding hydrogens is 320 g/mol. The van der Waals surface area contributed by atoms with Crippen LogP contribution in [0.4, 0.5) is 0 Å². The highest BCUT2D eigenvalue weighted by Crippen LogP contribution is 2.25. The van der Waals surface area contributed by atoms with Gasteiger partial charge in [-0.1, -0.05) is 67.6 Å². The molecule has 0 bridgehead atoms. The molecule has 2 atom stereocenters. The molecule has 2 aromatic carbocycles. The van der Waals surface area contributed by atoms with Gasteiger partial charge in [0.2, 0.25) is 5.91 Å². The van der Waals surface area contributed by atoms with Crippen LogP contribution in [0.3, 0.4) is 0 Å². The zero-order valence-corrected chi connectivity index (χ0v) is 15.7. The van der Waals surface area contributed by atoms with Gasteiger partial charge in [-0.3, -0.25) is 4.79 Å². The molecule has 2 N–H and O–H groups in total. The van der Waals surface area contributed by atoms with Gasteiger partial charge >= 0.3 is 0 Å². The van der Waals surface area contributed by atoms with E-state index in [-0.39, 0.29) is 11.9 Å². The van der Waals surface area contributed by atoms with Gasteiger partial charge in [0.1, 0.15) is 0 Å². The minimum atomic E-state index is 0.0197. The van der Waals surface area contributed by atoms with Crippen LogP contribution in [0.25, 0.3) is 0 Å². The lowest BCUT2D eigenvalue weighted by Crippen LogP contribution is -2.35. The van der Waals surface area contributed by atoms with Crippen LogP contribution in [0, 0.1) is 11.8 Å². The molecule has 1 aliphatic heterocycles. The van der Waals surface area contributed by atoms with E-state index in [1.807, 2.05) is 24.3 Å². The molecule has 0 radical (unpaired) electrons. The normalized spacial score (nSPS) is 17.4. The third kappa shape index (κ3) is 5.43. The van der Waals surface area contributed by atoms with Crippen LogP contribution in [0.15, 0.2) is 60.7 Å². The number of hydrogen-bond donors (Lipinski definition) is 2. The fraction of sp³-hybridized carbons (Fsp3) is 0.435. The Balaban J connectivity index is 1.63. The van der Waals surface area contributed by atoms with E-state index in [1.54, 1.807) is 0 Å². The summed E-state index contributed by atoms with van der Waals surface area (Å²) in [5, 5.41) is 6.70. The Morgan fingerprint density at radius 3 is 2.31 bits per heavy atom. The maximum Gasteiger partial charge on any atom is 0.220 e. The summed E-state index contributed by atoms with van der Waals surface area (Å²) in [6, 6.07) is 20.7. The number of carbonyl (C=O) groups excluding carboxylic acids is 1. The van der Waals surface area contributed by atoms with E-state index in [4.69, 9.17) is 0 Å². The predicted molar refractivity (Wildman–Crippen MR) is 107 cm³/mol. The summed E-state index contributed by atoms with van der Waals surface area (Å²) in [6.07, 6.45) is 3.79. The van der Waals surface area contributed by atoms with Gasteiger partial charge in [0.25, 0.3) is 0 Å². The highest BCUT2D eigenvalue weighted by Gasteiger charge is 2.23. The first kappa shape index (κ1) is 18.7. The van der Waals surface area contributed by atoms with Gasteiger partial charge in [-0.15, -0.1) is 0 Å². The molecule has 26 heavy (non-hydrogen) atoms. The van der Waals surface area contributed by atoms with Crippen LogP contribution < -0.4 is 10.6 Å². The summed E-state index contributed by atoms with van der Waals surface area (Å²) < 4.78 is 0. The van der Waals surface area contributed by atoms with Crippen molar-refractivity contribution in [1.82, 2.24) is 10.6 Å². The molecule has 1 saturated heterocycles. The quantitative estimate of drug-likeness (QED) is 0.789. The maximum absolute atomic E-state index is 12.7. The van der Waals surface area contributed by atoms with Crippen molar-refractivity contribution < 1.29 is 4.79 Å². The third-order valence-electron chi connectivity index (χ3n) is 5.52. The Morgan fingerprint density at radius 1 is 1.04 bits per heavy atom. The summed E-state index contributed by atoms with van der Waals surface area (Å²) in [7, 11) is 0. The lowest BCUT2D eigenvalue weighted by atomic mass is 9.84. The molecule has 1 amide bonds. The Hall–Kier alpha value is -2.13. The van der Waals surface area contributed by atoms with Gasteiger partial charge in [-0.25, -0.2) is 0 Å². The number of hydrogen-bond acceptors (Lipinski definition) is 2. The minimum absolute atomic E-state index is 0.0197. The van der Waals surface area contributed by atoms with Crippen molar-refractivity contribution in [3.05, 3.63) is 71.8 Å². The second-order valence-corrected chi connectivity index (χ2v) is 7.49. The summed E-state index contributed by atoms with van der Waals surface area (Å²) in [5.41, 5.74) is 2.41. The zero-order chi connectivity index (χ0) is 18.2. The van der Waals surface area contributed by atoms with Gasteiger partial charge in [0.15, 0.2) is 0 Å². The molecule has 1 fully saturated rings. The van der Waals surface area contributed by atoms with Crippen LogP contribution in [0.1, 0.15) is 43.4 Å². The molecule has 138 valence electrons. The summed E-state index contributed by atoms with van der Waals surface area (Å²) in [4.78, 5) is 12.7. The SMILES string of the molecule is CC(CC(=O)NC(Cc1ccccc1)c1ccccc1)C1CCNCC1. The number of piperidine rings is 1. The molecule has 0 aliphatic carbocycles. The lowest BCUT2D eigenvalue weighted by molar-refractivity contribution is -0.123. The topological polar surface area (TPSA) is 41.1 Å². The van der Waals surface area contributed by atoms with Crippen molar-refractivity contribution >= 4 is 5.91 Å². The molecule has 1 aliphatic rings. The van der Waals surface area contributed by atoms with Crippen molar-refractivity contribution in [2.75, 3.05) is 13.1 Å². The fourth-order valence-electron chi connectivity index (χ4n) is 3.91. The molecule has 2 unspecified atom stereocenters. The largest absolute Gasteiger partial charge is 0.349 e. The van der Waals surface area contributed by atoms with Gasteiger partial charge in [-0.05, 0) is 55.3 Å². The lowest BCUT2D eigenvalue weighted by Gasteiger charge is -2.28. The van der Waals surface area contributed by atoms with Crippen molar-refractivity contribution in [3.8, 4) is 0 Å². The third-order valence-corrected chi connectivity index (χ3v) is 5.52. The molecule has 1 heterocycles. The molecule has 3 heteroatoms. The first-order chi connectivity index (χ1) is 12.7. The van der Waals surface area contributed by atoms with Crippen molar-refractivity contribution in [3.63, 3.8) is 0 Å². The van der Waals surface area contributed by atoms with E-state index >= 15 is 0 Å². The van der Waals surface area contributed by atoms with Crippen molar-refractivity contribution in [2.24, 2.45) is 11.8 Å². The number of benzene rings is 2. The van der Waals surface area contributed by atoms with Gasteiger partial charge < -0.3 is 10.6 Å². The molecule has 0 spiro atoms. The number of amides is 1. The monoisotopic (exact) mass is 350 g/mol. The number of carbonyl (C=O) groups is 1. The number of rotatable bonds is 7. The van der Waals surface area contributed by atoms with E-state index in [0.29, 0.717) is 18.3 Å². The second kappa shape index (κ2) is 9.54.